The van der Waals surface area contributed by atoms with E-state index < -0.39 is 0 Å². The molecule has 1 aliphatic rings. The lowest BCUT2D eigenvalue weighted by atomic mass is 9.97. The van der Waals surface area contributed by atoms with Crippen LogP contribution >= 0.6 is 11.8 Å². The van der Waals surface area contributed by atoms with E-state index >= 15 is 0 Å². The second-order valence-corrected chi connectivity index (χ2v) is 5.92. The standard InChI is InChI=1S/C15H19N3OS/c1-20-13-4-2-3-12(7-13)18-10-17-8-14(18)15(16)11-5-6-19-9-11/h2-4,7-8,10-11,15H,5-6,9,16H2,1H3. The van der Waals surface area contributed by atoms with Crippen molar-refractivity contribution in [3.63, 3.8) is 0 Å². The maximum atomic E-state index is 6.41. The highest BCUT2D eigenvalue weighted by atomic mass is 32.2. The number of aromatic nitrogens is 2. The van der Waals surface area contributed by atoms with Gasteiger partial charge in [-0.2, -0.15) is 0 Å². The third-order valence-electron chi connectivity index (χ3n) is 3.81. The Labute approximate surface area is 123 Å². The Morgan fingerprint density at radius 2 is 2.40 bits per heavy atom. The summed E-state index contributed by atoms with van der Waals surface area (Å²) < 4.78 is 7.53. The summed E-state index contributed by atoms with van der Waals surface area (Å²) in [7, 11) is 0. The summed E-state index contributed by atoms with van der Waals surface area (Å²) in [6.45, 7) is 1.56. The SMILES string of the molecule is CSc1cccc(-n2cncc2C(N)C2CCOC2)c1. The van der Waals surface area contributed by atoms with Gasteiger partial charge in [-0.15, -0.1) is 11.8 Å². The van der Waals surface area contributed by atoms with E-state index in [9.17, 15) is 0 Å². The molecule has 2 N–H and O–H groups in total. The van der Waals surface area contributed by atoms with Crippen LogP contribution in [0.25, 0.3) is 5.69 Å². The predicted octanol–water partition coefficient (Wildman–Crippen LogP) is 2.63. The van der Waals surface area contributed by atoms with Crippen molar-refractivity contribution >= 4 is 11.8 Å². The van der Waals surface area contributed by atoms with Gasteiger partial charge in [0, 0.05) is 23.1 Å². The minimum absolute atomic E-state index is 0.0297. The maximum Gasteiger partial charge on any atom is 0.0994 e. The van der Waals surface area contributed by atoms with Crippen molar-refractivity contribution in [3.8, 4) is 5.69 Å². The number of thioether (sulfide) groups is 1. The average Bonchev–Trinajstić information content (AvgIpc) is 3.17. The van der Waals surface area contributed by atoms with Crippen LogP contribution in [-0.2, 0) is 4.74 Å². The molecule has 2 atom stereocenters. The Bertz CT molecular complexity index is 578. The van der Waals surface area contributed by atoms with Gasteiger partial charge in [0.2, 0.25) is 0 Å². The van der Waals surface area contributed by atoms with Gasteiger partial charge in [-0.05, 0) is 30.9 Å². The van der Waals surface area contributed by atoms with Gasteiger partial charge < -0.3 is 15.0 Å². The van der Waals surface area contributed by atoms with E-state index in [4.69, 9.17) is 10.5 Å². The van der Waals surface area contributed by atoms with Crippen LogP contribution in [0.15, 0.2) is 41.7 Å². The molecule has 0 bridgehead atoms. The van der Waals surface area contributed by atoms with Crippen molar-refractivity contribution in [3.05, 3.63) is 42.5 Å². The predicted molar refractivity (Wildman–Crippen MR) is 81.2 cm³/mol. The van der Waals surface area contributed by atoms with Crippen LogP contribution in [0.5, 0.6) is 0 Å². The minimum Gasteiger partial charge on any atom is -0.381 e. The molecule has 0 saturated carbocycles. The summed E-state index contributed by atoms with van der Waals surface area (Å²) in [5.74, 6) is 0.384. The molecule has 1 aromatic heterocycles. The average molecular weight is 289 g/mol. The van der Waals surface area contributed by atoms with Crippen molar-refractivity contribution in [2.75, 3.05) is 19.5 Å². The quantitative estimate of drug-likeness (QED) is 0.879. The Hall–Kier alpha value is -1.30. The summed E-state index contributed by atoms with van der Waals surface area (Å²) in [6, 6.07) is 8.39. The van der Waals surface area contributed by atoms with Crippen molar-refractivity contribution in [1.29, 1.82) is 0 Å². The molecule has 4 nitrogen and oxygen atoms in total. The Balaban J connectivity index is 1.92. The zero-order valence-electron chi connectivity index (χ0n) is 11.5. The zero-order valence-corrected chi connectivity index (χ0v) is 12.3. The maximum absolute atomic E-state index is 6.41. The number of ether oxygens (including phenoxy) is 1. The molecule has 2 unspecified atom stereocenters. The first-order valence-electron chi connectivity index (χ1n) is 6.79. The molecule has 1 saturated heterocycles. The number of benzene rings is 1. The number of rotatable bonds is 4. The highest BCUT2D eigenvalue weighted by molar-refractivity contribution is 7.98. The highest BCUT2D eigenvalue weighted by Gasteiger charge is 2.26. The molecular weight excluding hydrogens is 270 g/mol. The van der Waals surface area contributed by atoms with Crippen LogP contribution in [0.1, 0.15) is 18.2 Å². The summed E-state index contributed by atoms with van der Waals surface area (Å²) in [5, 5.41) is 0. The van der Waals surface area contributed by atoms with Crippen LogP contribution in [-0.4, -0.2) is 29.0 Å². The molecule has 0 amide bonds. The van der Waals surface area contributed by atoms with Crippen molar-refractivity contribution in [2.24, 2.45) is 11.7 Å². The molecule has 2 aromatic rings. The second-order valence-electron chi connectivity index (χ2n) is 5.04. The van der Waals surface area contributed by atoms with Crippen molar-refractivity contribution in [1.82, 2.24) is 9.55 Å². The van der Waals surface area contributed by atoms with E-state index in [2.05, 4.69) is 40.1 Å². The molecule has 1 fully saturated rings. The number of nitrogens with two attached hydrogens (primary N) is 1. The molecule has 106 valence electrons. The molecule has 3 rings (SSSR count). The number of nitrogens with zero attached hydrogens (tertiary/aromatic N) is 2. The van der Waals surface area contributed by atoms with Crippen molar-refractivity contribution in [2.45, 2.75) is 17.4 Å². The van der Waals surface area contributed by atoms with Gasteiger partial charge in [-0.3, -0.25) is 0 Å². The van der Waals surface area contributed by atoms with Gasteiger partial charge in [0.1, 0.15) is 0 Å². The van der Waals surface area contributed by atoms with Crippen LogP contribution in [0.4, 0.5) is 0 Å². The van der Waals surface area contributed by atoms with E-state index in [0.29, 0.717) is 5.92 Å². The fraction of sp³-hybridized carbons (Fsp3) is 0.400. The van der Waals surface area contributed by atoms with Gasteiger partial charge in [-0.25, -0.2) is 4.98 Å². The number of hydrogen-bond acceptors (Lipinski definition) is 4. The van der Waals surface area contributed by atoms with Gasteiger partial charge in [0.05, 0.1) is 30.9 Å². The molecule has 1 aliphatic heterocycles. The lowest BCUT2D eigenvalue weighted by molar-refractivity contribution is 0.180. The van der Waals surface area contributed by atoms with Gasteiger partial charge in [0.25, 0.3) is 0 Å². The lowest BCUT2D eigenvalue weighted by Crippen LogP contribution is -2.24. The van der Waals surface area contributed by atoms with E-state index in [1.165, 1.54) is 4.90 Å². The lowest BCUT2D eigenvalue weighted by Gasteiger charge is -2.19. The van der Waals surface area contributed by atoms with Gasteiger partial charge in [-0.1, -0.05) is 6.07 Å². The fourth-order valence-electron chi connectivity index (χ4n) is 2.61. The van der Waals surface area contributed by atoms with Crippen LogP contribution < -0.4 is 5.73 Å². The molecule has 0 aliphatic carbocycles. The second kappa shape index (κ2) is 5.99. The van der Waals surface area contributed by atoms with Crippen LogP contribution in [0.3, 0.4) is 0 Å². The third-order valence-corrected chi connectivity index (χ3v) is 4.54. The molecule has 1 aromatic carbocycles. The summed E-state index contributed by atoms with van der Waals surface area (Å²) >= 11 is 1.73. The number of imidazole rings is 1. The van der Waals surface area contributed by atoms with E-state index in [1.54, 1.807) is 11.8 Å². The molecular formula is C15H19N3OS. The first-order chi connectivity index (χ1) is 9.79. The molecule has 20 heavy (non-hydrogen) atoms. The zero-order chi connectivity index (χ0) is 13.9. The van der Waals surface area contributed by atoms with E-state index in [1.807, 2.05) is 12.5 Å². The molecule has 2 heterocycles. The van der Waals surface area contributed by atoms with Crippen molar-refractivity contribution < 1.29 is 4.74 Å². The first kappa shape index (κ1) is 13.7. The monoisotopic (exact) mass is 289 g/mol. The fourth-order valence-corrected chi connectivity index (χ4v) is 3.06. The minimum atomic E-state index is -0.0297. The molecule has 0 radical (unpaired) electrons. The van der Waals surface area contributed by atoms with Gasteiger partial charge in [0.15, 0.2) is 0 Å². The van der Waals surface area contributed by atoms with E-state index in [-0.39, 0.29) is 6.04 Å². The normalized spacial score (nSPS) is 20.2. The first-order valence-corrected chi connectivity index (χ1v) is 8.02. The highest BCUT2D eigenvalue weighted by Crippen LogP contribution is 2.28. The Morgan fingerprint density at radius 1 is 1.50 bits per heavy atom. The third kappa shape index (κ3) is 2.61. The summed E-state index contributed by atoms with van der Waals surface area (Å²) in [6.07, 6.45) is 6.81. The Kier molecular flexibility index (Phi) is 4.10. The topological polar surface area (TPSA) is 53.1 Å². The molecule has 5 heteroatoms. The van der Waals surface area contributed by atoms with Crippen LogP contribution in [0.2, 0.25) is 0 Å². The largest absolute Gasteiger partial charge is 0.381 e. The smallest absolute Gasteiger partial charge is 0.0994 e. The summed E-state index contributed by atoms with van der Waals surface area (Å²) in [5.41, 5.74) is 8.57. The summed E-state index contributed by atoms with van der Waals surface area (Å²) in [4.78, 5) is 5.52. The van der Waals surface area contributed by atoms with Gasteiger partial charge >= 0.3 is 0 Å². The Morgan fingerprint density at radius 3 is 3.15 bits per heavy atom. The molecule has 0 spiro atoms. The van der Waals surface area contributed by atoms with E-state index in [0.717, 1.165) is 31.0 Å². The number of hydrogen-bond donors (Lipinski definition) is 1. The van der Waals surface area contributed by atoms with Crippen LogP contribution in [0, 0.1) is 5.92 Å².